The summed E-state index contributed by atoms with van der Waals surface area (Å²) < 4.78 is 24.7. The van der Waals surface area contributed by atoms with E-state index >= 15 is 0 Å². The van der Waals surface area contributed by atoms with Gasteiger partial charge < -0.3 is 0 Å². The average Bonchev–Trinajstić information content (AvgIpc) is 3.00. The molecule has 1 aromatic heterocycles. The third-order valence-corrected chi connectivity index (χ3v) is 5.72. The summed E-state index contributed by atoms with van der Waals surface area (Å²) in [6.45, 7) is 0. The van der Waals surface area contributed by atoms with E-state index in [2.05, 4.69) is 0 Å². The largest absolute Gasteiger partial charge is 0.292 e. The van der Waals surface area contributed by atoms with E-state index in [1.54, 1.807) is 35.7 Å². The van der Waals surface area contributed by atoms with Crippen LogP contribution in [-0.4, -0.2) is 20.0 Å². The Morgan fingerprint density at radius 1 is 0.952 bits per heavy atom. The molecule has 5 heteroatoms. The van der Waals surface area contributed by atoms with E-state index in [9.17, 15) is 13.2 Å². The lowest BCUT2D eigenvalue weighted by Gasteiger charge is -2.05. The third kappa shape index (κ3) is 2.89. The molecule has 0 amide bonds. The van der Waals surface area contributed by atoms with Gasteiger partial charge in [-0.3, -0.25) is 4.79 Å². The molecule has 2 aromatic carbocycles. The fraction of sp³-hybridized carbons (Fsp3) is 0.0625. The van der Waals surface area contributed by atoms with E-state index < -0.39 is 15.6 Å². The summed E-state index contributed by atoms with van der Waals surface area (Å²) >= 11 is 1.26. The maximum Gasteiger partial charge on any atom is 0.188 e. The number of carbonyl (C=O) groups is 1. The number of rotatable bonds is 4. The lowest BCUT2D eigenvalue weighted by Crippen LogP contribution is -2.15. The molecule has 3 nitrogen and oxygen atoms in total. The maximum atomic E-state index is 12.4. The molecule has 0 atom stereocenters. The number of Topliss-reactive ketones (excluding diaryl/α,β-unsaturated/α-hetero) is 1. The highest BCUT2D eigenvalue weighted by atomic mass is 32.2. The van der Waals surface area contributed by atoms with Crippen LogP contribution < -0.4 is 0 Å². The molecule has 106 valence electrons. The summed E-state index contributed by atoms with van der Waals surface area (Å²) in [5.41, 5.74) is 0. The Hall–Kier alpha value is -1.98. The summed E-state index contributed by atoms with van der Waals surface area (Å²) in [4.78, 5) is 12.6. The van der Waals surface area contributed by atoms with Crippen LogP contribution in [0.1, 0.15) is 9.67 Å². The van der Waals surface area contributed by atoms with Crippen LogP contribution in [0.5, 0.6) is 0 Å². The summed E-state index contributed by atoms with van der Waals surface area (Å²) in [6, 6.07) is 15.8. The van der Waals surface area contributed by atoms with Gasteiger partial charge in [-0.2, -0.15) is 0 Å². The lowest BCUT2D eigenvalue weighted by molar-refractivity contribution is 0.102. The van der Waals surface area contributed by atoms with Crippen molar-refractivity contribution in [2.24, 2.45) is 0 Å². The van der Waals surface area contributed by atoms with Crippen LogP contribution in [0.2, 0.25) is 0 Å². The van der Waals surface area contributed by atoms with E-state index in [0.717, 1.165) is 10.8 Å². The number of benzene rings is 2. The van der Waals surface area contributed by atoms with Crippen molar-refractivity contribution in [3.8, 4) is 0 Å². The number of hydrogen-bond acceptors (Lipinski definition) is 4. The molecule has 1 heterocycles. The van der Waals surface area contributed by atoms with Crippen LogP contribution >= 0.6 is 11.3 Å². The Morgan fingerprint density at radius 2 is 1.71 bits per heavy atom. The minimum absolute atomic E-state index is 0.186. The highest BCUT2D eigenvalue weighted by molar-refractivity contribution is 7.92. The van der Waals surface area contributed by atoms with Gasteiger partial charge in [-0.15, -0.1) is 11.3 Å². The monoisotopic (exact) mass is 316 g/mol. The molecule has 0 spiro atoms. The first-order valence-corrected chi connectivity index (χ1v) is 8.88. The minimum Gasteiger partial charge on any atom is -0.292 e. The smallest absolute Gasteiger partial charge is 0.188 e. The standard InChI is InChI=1S/C16H12O3S2/c17-15(16-6-3-9-20-16)11-21(18,19)14-8-7-12-4-1-2-5-13(12)10-14/h1-10H,11H2. The number of fused-ring (bicyclic) bond motifs is 1. The summed E-state index contributed by atoms with van der Waals surface area (Å²) in [5, 5.41) is 3.58. The van der Waals surface area contributed by atoms with Gasteiger partial charge in [0.1, 0.15) is 5.75 Å². The number of hydrogen-bond donors (Lipinski definition) is 0. The Labute approximate surface area is 126 Å². The topological polar surface area (TPSA) is 51.2 Å². The fourth-order valence-corrected chi connectivity index (χ4v) is 4.13. The first kappa shape index (κ1) is 14.0. The molecule has 0 aliphatic rings. The molecule has 21 heavy (non-hydrogen) atoms. The molecule has 0 fully saturated rings. The molecule has 0 aliphatic heterocycles. The van der Waals surface area contributed by atoms with Gasteiger partial charge in [0.15, 0.2) is 15.6 Å². The van der Waals surface area contributed by atoms with Gasteiger partial charge in [0, 0.05) is 0 Å². The first-order valence-electron chi connectivity index (χ1n) is 6.34. The fourth-order valence-electron chi connectivity index (χ4n) is 2.13. The van der Waals surface area contributed by atoms with Crippen LogP contribution in [-0.2, 0) is 9.84 Å². The van der Waals surface area contributed by atoms with Crippen LogP contribution in [0.15, 0.2) is 64.9 Å². The van der Waals surface area contributed by atoms with Gasteiger partial charge in [0.05, 0.1) is 9.77 Å². The van der Waals surface area contributed by atoms with E-state index in [0.29, 0.717) is 4.88 Å². The van der Waals surface area contributed by atoms with Crippen molar-refractivity contribution in [2.45, 2.75) is 4.90 Å². The summed E-state index contributed by atoms with van der Waals surface area (Å²) in [6.07, 6.45) is 0. The van der Waals surface area contributed by atoms with Crippen LogP contribution in [0.3, 0.4) is 0 Å². The second-order valence-corrected chi connectivity index (χ2v) is 7.61. The van der Waals surface area contributed by atoms with Crippen LogP contribution in [0, 0.1) is 0 Å². The lowest BCUT2D eigenvalue weighted by atomic mass is 10.1. The van der Waals surface area contributed by atoms with E-state index in [4.69, 9.17) is 0 Å². The van der Waals surface area contributed by atoms with Crippen molar-refractivity contribution in [2.75, 3.05) is 5.75 Å². The Balaban J connectivity index is 1.94. The molecule has 0 saturated carbocycles. The maximum absolute atomic E-state index is 12.4. The highest BCUT2D eigenvalue weighted by Gasteiger charge is 2.21. The molecule has 0 saturated heterocycles. The van der Waals surface area contributed by atoms with E-state index in [1.807, 2.05) is 24.3 Å². The molecule has 0 unspecified atom stereocenters. The quantitative estimate of drug-likeness (QED) is 0.692. The highest BCUT2D eigenvalue weighted by Crippen LogP contribution is 2.21. The zero-order valence-corrected chi connectivity index (χ0v) is 12.7. The SMILES string of the molecule is O=C(CS(=O)(=O)c1ccc2ccccc2c1)c1cccs1. The average molecular weight is 316 g/mol. The predicted molar refractivity (Wildman–Crippen MR) is 84.7 cm³/mol. The predicted octanol–water partition coefficient (Wildman–Crippen LogP) is 3.56. The van der Waals surface area contributed by atoms with Crippen molar-refractivity contribution in [3.63, 3.8) is 0 Å². The zero-order valence-electron chi connectivity index (χ0n) is 11.0. The van der Waals surface area contributed by atoms with Crippen molar-refractivity contribution < 1.29 is 13.2 Å². The second-order valence-electron chi connectivity index (χ2n) is 4.67. The first-order chi connectivity index (χ1) is 10.1. The number of ketones is 1. The normalized spacial score (nSPS) is 11.6. The van der Waals surface area contributed by atoms with Gasteiger partial charge in [0.25, 0.3) is 0 Å². The Bertz CT molecular complexity index is 894. The molecule has 0 bridgehead atoms. The molecular formula is C16H12O3S2. The molecule has 0 radical (unpaired) electrons. The molecule has 3 rings (SSSR count). The number of sulfone groups is 1. The minimum atomic E-state index is -3.62. The van der Waals surface area contributed by atoms with Gasteiger partial charge in [-0.25, -0.2) is 8.42 Å². The molecule has 3 aromatic rings. The molecular weight excluding hydrogens is 304 g/mol. The van der Waals surface area contributed by atoms with Crippen molar-refractivity contribution in [3.05, 3.63) is 64.9 Å². The number of thiophene rings is 1. The van der Waals surface area contributed by atoms with Crippen molar-refractivity contribution in [1.29, 1.82) is 0 Å². The second kappa shape index (κ2) is 5.42. The van der Waals surface area contributed by atoms with Crippen molar-refractivity contribution in [1.82, 2.24) is 0 Å². The number of carbonyl (C=O) groups excluding carboxylic acids is 1. The Morgan fingerprint density at radius 3 is 2.43 bits per heavy atom. The zero-order chi connectivity index (χ0) is 14.9. The van der Waals surface area contributed by atoms with Crippen LogP contribution in [0.4, 0.5) is 0 Å². The van der Waals surface area contributed by atoms with E-state index in [1.165, 1.54) is 11.3 Å². The van der Waals surface area contributed by atoms with Gasteiger partial charge >= 0.3 is 0 Å². The van der Waals surface area contributed by atoms with E-state index in [-0.39, 0.29) is 10.7 Å². The van der Waals surface area contributed by atoms with Crippen LogP contribution in [0.25, 0.3) is 10.8 Å². The van der Waals surface area contributed by atoms with Crippen molar-refractivity contribution >= 4 is 37.7 Å². The third-order valence-electron chi connectivity index (χ3n) is 3.20. The van der Waals surface area contributed by atoms with Gasteiger partial charge in [-0.1, -0.05) is 36.4 Å². The van der Waals surface area contributed by atoms with Gasteiger partial charge in [0.2, 0.25) is 0 Å². The summed E-state index contributed by atoms with van der Waals surface area (Å²) in [7, 11) is -3.62. The Kier molecular flexibility index (Phi) is 3.61. The summed E-state index contributed by atoms with van der Waals surface area (Å²) in [5.74, 6) is -0.857. The molecule has 0 aliphatic carbocycles. The van der Waals surface area contributed by atoms with Gasteiger partial charge in [-0.05, 0) is 34.4 Å². The molecule has 0 N–H and O–H groups in total.